The van der Waals surface area contributed by atoms with Gasteiger partial charge in [0, 0.05) is 49.9 Å². The molecule has 9 N–H and O–H groups in total. The molecule has 4 atom stereocenters. The van der Waals surface area contributed by atoms with Gasteiger partial charge in [-0.2, -0.15) is 13.2 Å². The average molecular weight is 604 g/mol. The highest BCUT2D eigenvalue weighted by Crippen LogP contribution is 2.31. The number of halogens is 3. The van der Waals surface area contributed by atoms with Crippen molar-refractivity contribution in [1.82, 2.24) is 10.2 Å². The molecule has 0 saturated carbocycles. The van der Waals surface area contributed by atoms with Gasteiger partial charge in [0.2, 0.25) is 11.8 Å². The van der Waals surface area contributed by atoms with Gasteiger partial charge in [-0.3, -0.25) is 9.59 Å². The first-order valence-corrected chi connectivity index (χ1v) is 14.4. The summed E-state index contributed by atoms with van der Waals surface area (Å²) in [5, 5.41) is 16.3. The zero-order chi connectivity index (χ0) is 31.5. The molecule has 43 heavy (non-hydrogen) atoms. The molecule has 0 aromatic heterocycles. The molecule has 4 rings (SSSR count). The van der Waals surface area contributed by atoms with Crippen LogP contribution >= 0.6 is 0 Å². The maximum Gasteiger partial charge on any atom is 0.492 e. The van der Waals surface area contributed by atoms with E-state index < -0.39 is 42.5 Å². The number of anilines is 1. The van der Waals surface area contributed by atoms with Crippen LogP contribution in [0.15, 0.2) is 42.5 Å². The van der Waals surface area contributed by atoms with Gasteiger partial charge in [0.25, 0.3) is 0 Å². The van der Waals surface area contributed by atoms with Gasteiger partial charge in [0.1, 0.15) is 0 Å². The number of nitrogens with one attached hydrogen (secondary N) is 2. The fraction of sp³-hybridized carbons (Fsp3) is 0.517. The van der Waals surface area contributed by atoms with Crippen molar-refractivity contribution in [2.75, 3.05) is 25.0 Å². The van der Waals surface area contributed by atoms with Gasteiger partial charge in [0.05, 0.1) is 17.2 Å². The first-order valence-electron chi connectivity index (χ1n) is 14.4. The minimum Gasteiger partial charge on any atom is -0.423 e. The summed E-state index contributed by atoms with van der Waals surface area (Å²) in [6, 6.07) is 8.20. The minimum absolute atomic E-state index is 0.0798. The number of hydrogen-bond acceptors (Lipinski definition) is 8. The van der Waals surface area contributed by atoms with Crippen LogP contribution in [-0.2, 0) is 32.4 Å². The van der Waals surface area contributed by atoms with E-state index in [9.17, 15) is 27.8 Å². The molecule has 2 aliphatic rings. The second-order valence-corrected chi connectivity index (χ2v) is 11.9. The molecule has 234 valence electrons. The van der Waals surface area contributed by atoms with Gasteiger partial charge in [0.15, 0.2) is 0 Å². The molecule has 0 aliphatic carbocycles. The van der Waals surface area contributed by atoms with Crippen LogP contribution in [0.5, 0.6) is 0 Å². The Hall–Kier alpha value is -3.01. The van der Waals surface area contributed by atoms with Crippen molar-refractivity contribution in [3.8, 4) is 0 Å². The average Bonchev–Trinajstić information content (AvgIpc) is 3.44. The predicted molar refractivity (Wildman–Crippen MR) is 158 cm³/mol. The Morgan fingerprint density at radius 2 is 1.91 bits per heavy atom. The van der Waals surface area contributed by atoms with E-state index in [1.54, 1.807) is 23.1 Å². The fourth-order valence-corrected chi connectivity index (χ4v) is 5.68. The third-order valence-corrected chi connectivity index (χ3v) is 8.07. The SMILES string of the molecule is CC1(C)OB(O)c2cc(NC(=O)C(Cc3ccc(C(F)(F)F)cc3)NCC(N)CCC(=O)N3CC(N)CC3CN)ccc21. The molecule has 2 heterocycles. The summed E-state index contributed by atoms with van der Waals surface area (Å²) in [5.41, 5.74) is 18.9. The lowest BCUT2D eigenvalue weighted by Gasteiger charge is -2.25. The van der Waals surface area contributed by atoms with Crippen LogP contribution in [0.1, 0.15) is 49.8 Å². The normalized spacial score (nSPS) is 21.0. The van der Waals surface area contributed by atoms with E-state index in [-0.39, 0.29) is 37.4 Å². The first-order chi connectivity index (χ1) is 20.2. The zero-order valence-corrected chi connectivity index (χ0v) is 24.4. The van der Waals surface area contributed by atoms with Crippen LogP contribution in [0.4, 0.5) is 18.9 Å². The number of nitrogens with zero attached hydrogens (tertiary/aromatic N) is 1. The number of hydrogen-bond donors (Lipinski definition) is 6. The van der Waals surface area contributed by atoms with Crippen molar-refractivity contribution in [3.63, 3.8) is 0 Å². The molecular formula is C29H40BF3N6O4. The summed E-state index contributed by atoms with van der Waals surface area (Å²) in [4.78, 5) is 27.9. The number of likely N-dealkylation sites (tertiary alicyclic amines) is 1. The maximum atomic E-state index is 13.4. The molecule has 1 fully saturated rings. The number of amides is 2. The minimum atomic E-state index is -4.47. The quantitative estimate of drug-likeness (QED) is 0.205. The number of fused-ring (bicyclic) bond motifs is 1. The van der Waals surface area contributed by atoms with E-state index in [2.05, 4.69) is 10.6 Å². The second-order valence-electron chi connectivity index (χ2n) is 11.9. The van der Waals surface area contributed by atoms with E-state index in [4.69, 9.17) is 21.9 Å². The summed E-state index contributed by atoms with van der Waals surface area (Å²) < 4.78 is 44.8. The molecule has 2 aromatic carbocycles. The second kappa shape index (κ2) is 13.3. The topological polar surface area (TPSA) is 169 Å². The van der Waals surface area contributed by atoms with Crippen LogP contribution in [0, 0.1) is 0 Å². The van der Waals surface area contributed by atoms with Crippen LogP contribution < -0.4 is 33.3 Å². The number of nitrogens with two attached hydrogens (primary N) is 3. The monoisotopic (exact) mass is 604 g/mol. The maximum absolute atomic E-state index is 13.4. The lowest BCUT2D eigenvalue weighted by atomic mass is 9.78. The standard InChI is InChI=1S/C29H40BF3N6O4/c1-28(2)23-9-8-21(13-24(23)30(42)43-28)38-27(41)25(11-17-3-5-18(6-4-17)29(31,32)33)37-15-19(35)7-10-26(40)39-16-20(36)12-22(39)14-34/h3-6,8-9,13,19-20,22,25,37,42H,7,10-12,14-16,34-36H2,1-2H3,(H,38,41). The first kappa shape index (κ1) is 32.9. The van der Waals surface area contributed by atoms with E-state index >= 15 is 0 Å². The highest BCUT2D eigenvalue weighted by atomic mass is 19.4. The summed E-state index contributed by atoms with van der Waals surface area (Å²) in [7, 11) is -1.14. The molecule has 0 bridgehead atoms. The Balaban J connectivity index is 1.42. The Kier molecular flexibility index (Phi) is 10.2. The lowest BCUT2D eigenvalue weighted by molar-refractivity contribution is -0.137. The van der Waals surface area contributed by atoms with Crippen LogP contribution in [0.25, 0.3) is 0 Å². The molecule has 2 amide bonds. The van der Waals surface area contributed by atoms with Gasteiger partial charge in [-0.1, -0.05) is 18.2 Å². The van der Waals surface area contributed by atoms with Gasteiger partial charge in [-0.05, 0) is 74.0 Å². The van der Waals surface area contributed by atoms with Crippen molar-refractivity contribution in [2.45, 2.75) is 75.5 Å². The molecule has 2 aromatic rings. The van der Waals surface area contributed by atoms with Gasteiger partial charge in [-0.25, -0.2) is 0 Å². The van der Waals surface area contributed by atoms with Crippen molar-refractivity contribution in [2.24, 2.45) is 17.2 Å². The van der Waals surface area contributed by atoms with Crippen LogP contribution in [-0.4, -0.2) is 72.7 Å². The van der Waals surface area contributed by atoms with E-state index in [0.717, 1.165) is 17.7 Å². The van der Waals surface area contributed by atoms with Crippen molar-refractivity contribution >= 4 is 30.1 Å². The number of carbonyl (C=O) groups excluding carboxylic acids is 2. The van der Waals surface area contributed by atoms with E-state index in [0.29, 0.717) is 42.6 Å². The Morgan fingerprint density at radius 1 is 1.21 bits per heavy atom. The number of rotatable bonds is 11. The molecule has 0 spiro atoms. The van der Waals surface area contributed by atoms with E-state index in [1.165, 1.54) is 12.1 Å². The third-order valence-electron chi connectivity index (χ3n) is 8.07. The highest BCUT2D eigenvalue weighted by Gasteiger charge is 2.40. The summed E-state index contributed by atoms with van der Waals surface area (Å²) in [6.07, 6.45) is -3.19. The summed E-state index contributed by atoms with van der Waals surface area (Å²) in [5.74, 6) is -0.517. The molecule has 4 unspecified atom stereocenters. The fourth-order valence-electron chi connectivity index (χ4n) is 5.68. The third kappa shape index (κ3) is 8.14. The molecular weight excluding hydrogens is 564 g/mol. The largest absolute Gasteiger partial charge is 0.492 e. The van der Waals surface area contributed by atoms with Crippen molar-refractivity contribution in [1.29, 1.82) is 0 Å². The smallest absolute Gasteiger partial charge is 0.423 e. The zero-order valence-electron chi connectivity index (χ0n) is 24.4. The molecule has 1 saturated heterocycles. The van der Waals surface area contributed by atoms with E-state index in [1.807, 2.05) is 13.8 Å². The van der Waals surface area contributed by atoms with Crippen molar-refractivity contribution < 1.29 is 32.4 Å². The Bertz CT molecular complexity index is 1300. The predicted octanol–water partition coefficient (Wildman–Crippen LogP) is 0.792. The number of benzene rings is 2. The summed E-state index contributed by atoms with van der Waals surface area (Å²) in [6.45, 7) is 4.63. The van der Waals surface area contributed by atoms with Crippen molar-refractivity contribution in [3.05, 3.63) is 59.2 Å². The summed E-state index contributed by atoms with van der Waals surface area (Å²) >= 11 is 0. The van der Waals surface area contributed by atoms with Crippen LogP contribution in [0.2, 0.25) is 0 Å². The Morgan fingerprint density at radius 3 is 2.56 bits per heavy atom. The number of alkyl halides is 3. The molecule has 10 nitrogen and oxygen atoms in total. The Labute approximate surface area is 249 Å². The molecule has 14 heteroatoms. The molecule has 0 radical (unpaired) electrons. The van der Waals surface area contributed by atoms with Gasteiger partial charge in [-0.15, -0.1) is 0 Å². The van der Waals surface area contributed by atoms with Gasteiger partial charge < -0.3 is 42.4 Å². The van der Waals surface area contributed by atoms with Crippen LogP contribution in [0.3, 0.4) is 0 Å². The van der Waals surface area contributed by atoms with Gasteiger partial charge >= 0.3 is 13.3 Å². The highest BCUT2D eigenvalue weighted by molar-refractivity contribution is 6.62. The molecule has 2 aliphatic heterocycles. The number of carbonyl (C=O) groups is 2. The lowest BCUT2D eigenvalue weighted by Crippen LogP contribution is -2.47.